The first-order valence-electron chi connectivity index (χ1n) is 8.44. The summed E-state index contributed by atoms with van der Waals surface area (Å²) in [4.78, 5) is 12.4. The standard InChI is InChI=1S/C17H20FN5O4S/c1-12-4-6-15(7-5-12)28(25,26)27-11-14(18)10-22-17(24)23(13(2)19-22)16-8-9-21(3)20-16/h4-9,14H,10-11H2,1-3H3/t14-/m1/s1. The van der Waals surface area contributed by atoms with Crippen molar-refractivity contribution in [3.63, 3.8) is 0 Å². The van der Waals surface area contributed by atoms with Crippen molar-refractivity contribution in [3.8, 4) is 5.82 Å². The molecule has 0 amide bonds. The summed E-state index contributed by atoms with van der Waals surface area (Å²) in [7, 11) is -2.38. The Kier molecular flexibility index (Phi) is 5.47. The van der Waals surface area contributed by atoms with Gasteiger partial charge in [-0.3, -0.25) is 8.86 Å². The van der Waals surface area contributed by atoms with Crippen molar-refractivity contribution in [3.05, 3.63) is 58.4 Å². The van der Waals surface area contributed by atoms with Crippen LogP contribution in [-0.4, -0.2) is 45.3 Å². The quantitative estimate of drug-likeness (QED) is 0.542. The Labute approximate surface area is 161 Å². The zero-order valence-corrected chi connectivity index (χ0v) is 16.4. The fourth-order valence-electron chi connectivity index (χ4n) is 2.60. The molecule has 0 saturated heterocycles. The van der Waals surface area contributed by atoms with Crippen molar-refractivity contribution in [2.45, 2.75) is 31.5 Å². The summed E-state index contributed by atoms with van der Waals surface area (Å²) >= 11 is 0. The van der Waals surface area contributed by atoms with Crippen molar-refractivity contribution in [1.29, 1.82) is 0 Å². The van der Waals surface area contributed by atoms with E-state index in [0.29, 0.717) is 11.6 Å². The fourth-order valence-corrected chi connectivity index (χ4v) is 3.53. The van der Waals surface area contributed by atoms with Gasteiger partial charge in [-0.1, -0.05) is 17.7 Å². The van der Waals surface area contributed by atoms with Gasteiger partial charge < -0.3 is 0 Å². The SMILES string of the molecule is Cc1ccc(S(=O)(=O)OC[C@H](F)Cn2nc(C)n(-c3ccn(C)n3)c2=O)cc1. The fraction of sp³-hybridized carbons (Fsp3) is 0.353. The number of rotatable bonds is 7. The van der Waals surface area contributed by atoms with Crippen LogP contribution in [0.15, 0.2) is 46.2 Å². The lowest BCUT2D eigenvalue weighted by molar-refractivity contribution is 0.177. The summed E-state index contributed by atoms with van der Waals surface area (Å²) < 4.78 is 47.0. The zero-order valence-electron chi connectivity index (χ0n) is 15.6. The van der Waals surface area contributed by atoms with E-state index in [4.69, 9.17) is 4.18 Å². The van der Waals surface area contributed by atoms with Crippen LogP contribution in [0.1, 0.15) is 11.4 Å². The molecule has 2 heterocycles. The second kappa shape index (κ2) is 7.68. The lowest BCUT2D eigenvalue weighted by Gasteiger charge is -2.09. The van der Waals surface area contributed by atoms with Gasteiger partial charge in [0.15, 0.2) is 5.82 Å². The maximum Gasteiger partial charge on any atom is 0.351 e. The summed E-state index contributed by atoms with van der Waals surface area (Å²) in [6.07, 6.45) is -0.0790. The number of aryl methyl sites for hydroxylation is 3. The topological polar surface area (TPSA) is 101 Å². The van der Waals surface area contributed by atoms with Crippen LogP contribution in [0.2, 0.25) is 0 Å². The van der Waals surface area contributed by atoms with Gasteiger partial charge in [-0.05, 0) is 26.0 Å². The van der Waals surface area contributed by atoms with Gasteiger partial charge in [-0.2, -0.15) is 18.6 Å². The Morgan fingerprint density at radius 1 is 1.14 bits per heavy atom. The highest BCUT2D eigenvalue weighted by atomic mass is 32.2. The van der Waals surface area contributed by atoms with Crippen molar-refractivity contribution in [2.24, 2.45) is 7.05 Å². The van der Waals surface area contributed by atoms with Crippen LogP contribution in [0, 0.1) is 13.8 Å². The Balaban J connectivity index is 1.69. The van der Waals surface area contributed by atoms with Gasteiger partial charge in [-0.15, -0.1) is 0 Å². The minimum atomic E-state index is -4.08. The first-order valence-corrected chi connectivity index (χ1v) is 9.85. The van der Waals surface area contributed by atoms with Gasteiger partial charge in [-0.25, -0.2) is 18.4 Å². The third-order valence-electron chi connectivity index (χ3n) is 4.01. The van der Waals surface area contributed by atoms with Gasteiger partial charge in [0, 0.05) is 19.3 Å². The van der Waals surface area contributed by atoms with Crippen LogP contribution in [-0.2, 0) is 27.9 Å². The van der Waals surface area contributed by atoms with Crippen LogP contribution >= 0.6 is 0 Å². The summed E-state index contributed by atoms with van der Waals surface area (Å²) in [5.74, 6) is 0.703. The van der Waals surface area contributed by atoms with Crippen LogP contribution < -0.4 is 5.69 Å². The Bertz CT molecular complexity index is 1130. The molecule has 0 spiro atoms. The lowest BCUT2D eigenvalue weighted by Crippen LogP contribution is -2.30. The molecule has 1 aromatic carbocycles. The maximum absolute atomic E-state index is 14.3. The summed E-state index contributed by atoms with van der Waals surface area (Å²) in [6, 6.07) is 7.65. The smallest absolute Gasteiger partial charge is 0.274 e. The average molecular weight is 409 g/mol. The monoisotopic (exact) mass is 409 g/mol. The van der Waals surface area contributed by atoms with E-state index >= 15 is 0 Å². The Hall–Kier alpha value is -2.79. The molecule has 0 unspecified atom stereocenters. The highest BCUT2D eigenvalue weighted by Gasteiger charge is 2.21. The van der Waals surface area contributed by atoms with E-state index in [1.165, 1.54) is 21.4 Å². The molecule has 11 heteroatoms. The minimum Gasteiger partial charge on any atom is -0.274 e. The molecule has 0 radical (unpaired) electrons. The third-order valence-corrected chi connectivity index (χ3v) is 5.31. The second-order valence-corrected chi connectivity index (χ2v) is 7.96. The molecule has 0 saturated carbocycles. The number of hydrogen-bond donors (Lipinski definition) is 0. The summed E-state index contributed by atoms with van der Waals surface area (Å²) in [5.41, 5.74) is 0.320. The van der Waals surface area contributed by atoms with Crippen LogP contribution in [0.5, 0.6) is 0 Å². The Morgan fingerprint density at radius 2 is 1.82 bits per heavy atom. The lowest BCUT2D eigenvalue weighted by atomic mass is 10.2. The third kappa shape index (κ3) is 4.20. The molecule has 0 N–H and O–H groups in total. The number of benzene rings is 1. The zero-order chi connectivity index (χ0) is 20.5. The molecule has 0 bridgehead atoms. The molecule has 3 rings (SSSR count). The number of halogens is 1. The van der Waals surface area contributed by atoms with Gasteiger partial charge in [0.1, 0.15) is 12.0 Å². The molecule has 0 aliphatic rings. The molecular weight excluding hydrogens is 389 g/mol. The largest absolute Gasteiger partial charge is 0.351 e. The van der Waals surface area contributed by atoms with Crippen LogP contribution in [0.3, 0.4) is 0 Å². The first-order chi connectivity index (χ1) is 13.2. The number of alkyl halides is 1. The number of hydrogen-bond acceptors (Lipinski definition) is 6. The Morgan fingerprint density at radius 3 is 2.43 bits per heavy atom. The highest BCUT2D eigenvalue weighted by molar-refractivity contribution is 7.86. The van der Waals surface area contributed by atoms with E-state index in [-0.39, 0.29) is 4.90 Å². The predicted molar refractivity (Wildman–Crippen MR) is 98.5 cm³/mol. The second-order valence-electron chi connectivity index (χ2n) is 6.34. The molecule has 1 atom stereocenters. The molecule has 2 aromatic heterocycles. The van der Waals surface area contributed by atoms with E-state index in [0.717, 1.165) is 10.2 Å². The van der Waals surface area contributed by atoms with E-state index in [9.17, 15) is 17.6 Å². The van der Waals surface area contributed by atoms with Crippen molar-refractivity contribution in [2.75, 3.05) is 6.61 Å². The van der Waals surface area contributed by atoms with Gasteiger partial charge in [0.05, 0.1) is 18.0 Å². The molecule has 28 heavy (non-hydrogen) atoms. The highest BCUT2D eigenvalue weighted by Crippen LogP contribution is 2.14. The van der Waals surface area contributed by atoms with E-state index < -0.39 is 35.1 Å². The van der Waals surface area contributed by atoms with Gasteiger partial charge in [0.2, 0.25) is 0 Å². The normalized spacial score (nSPS) is 13.0. The molecule has 0 fully saturated rings. The van der Waals surface area contributed by atoms with E-state index in [1.54, 1.807) is 38.4 Å². The molecule has 9 nitrogen and oxygen atoms in total. The summed E-state index contributed by atoms with van der Waals surface area (Å²) in [6.45, 7) is 2.25. The molecule has 0 aliphatic heterocycles. The van der Waals surface area contributed by atoms with E-state index in [2.05, 4.69) is 10.2 Å². The maximum atomic E-state index is 14.3. The number of nitrogens with zero attached hydrogens (tertiary/aromatic N) is 5. The molecule has 3 aromatic rings. The predicted octanol–water partition coefficient (Wildman–Crippen LogP) is 1.13. The molecular formula is C17H20FN5O4S. The van der Waals surface area contributed by atoms with Crippen molar-refractivity contribution >= 4 is 10.1 Å². The minimum absolute atomic E-state index is 0.0576. The first kappa shape index (κ1) is 20.0. The molecule has 0 aliphatic carbocycles. The average Bonchev–Trinajstić information content (AvgIpc) is 3.16. The number of aromatic nitrogens is 5. The molecule has 150 valence electrons. The van der Waals surface area contributed by atoms with Gasteiger partial charge >= 0.3 is 5.69 Å². The van der Waals surface area contributed by atoms with Crippen molar-refractivity contribution < 1.29 is 17.0 Å². The van der Waals surface area contributed by atoms with E-state index in [1.807, 2.05) is 6.92 Å². The van der Waals surface area contributed by atoms with Crippen molar-refractivity contribution in [1.82, 2.24) is 24.1 Å². The van der Waals surface area contributed by atoms with Crippen LogP contribution in [0.4, 0.5) is 4.39 Å². The summed E-state index contributed by atoms with van der Waals surface area (Å²) in [5, 5.41) is 8.15. The van der Waals surface area contributed by atoms with Gasteiger partial charge in [0.25, 0.3) is 10.1 Å². The van der Waals surface area contributed by atoms with Crippen LogP contribution in [0.25, 0.3) is 5.82 Å².